The van der Waals surface area contributed by atoms with Gasteiger partial charge in [-0.15, -0.1) is 0 Å². The molecule has 0 aromatic rings. The predicted octanol–water partition coefficient (Wildman–Crippen LogP) is 0.214. The predicted molar refractivity (Wildman–Crippen MR) is 40.2 cm³/mol. The second kappa shape index (κ2) is 3.13. The summed E-state index contributed by atoms with van der Waals surface area (Å²) in [5.74, 6) is -1.16. The van der Waals surface area contributed by atoms with Crippen molar-refractivity contribution in [2.45, 2.75) is 6.92 Å². The number of carbonyl (C=O) groups excluding carboxylic acids is 2. The van der Waals surface area contributed by atoms with Gasteiger partial charge in [-0.1, -0.05) is 6.92 Å². The van der Waals surface area contributed by atoms with Crippen LogP contribution in [0.3, 0.4) is 0 Å². The van der Waals surface area contributed by atoms with E-state index < -0.39 is 0 Å². The van der Waals surface area contributed by atoms with Crippen LogP contribution >= 0.6 is 0 Å². The van der Waals surface area contributed by atoms with Crippen LogP contribution in [0.25, 0.3) is 0 Å². The minimum Gasteiger partial charge on any atom is -0.469 e. The normalized spacial score (nSPS) is 32.4. The largest absolute Gasteiger partial charge is 0.469 e. The van der Waals surface area contributed by atoms with Crippen molar-refractivity contribution in [3.8, 4) is 0 Å². The van der Waals surface area contributed by atoms with Gasteiger partial charge in [-0.3, -0.25) is 9.59 Å². The van der Waals surface area contributed by atoms with Crippen molar-refractivity contribution < 1.29 is 19.1 Å². The lowest BCUT2D eigenvalue weighted by Gasteiger charge is -1.96. The SMILES string of the molecule is COC(=O)C1C(C)[C@@H]1C(=O)OC. The van der Waals surface area contributed by atoms with E-state index in [0.717, 1.165) is 0 Å². The van der Waals surface area contributed by atoms with Crippen LogP contribution in [0, 0.1) is 17.8 Å². The minimum absolute atomic E-state index is 0.0601. The van der Waals surface area contributed by atoms with Crippen LogP contribution in [-0.4, -0.2) is 26.2 Å². The molecule has 0 aromatic carbocycles. The van der Waals surface area contributed by atoms with Gasteiger partial charge in [-0.25, -0.2) is 0 Å². The molecule has 1 fully saturated rings. The van der Waals surface area contributed by atoms with Crippen LogP contribution in [0.4, 0.5) is 0 Å². The highest BCUT2D eigenvalue weighted by molar-refractivity contribution is 5.88. The third kappa shape index (κ3) is 1.29. The molecule has 0 saturated heterocycles. The van der Waals surface area contributed by atoms with Gasteiger partial charge in [0.05, 0.1) is 26.1 Å². The zero-order chi connectivity index (χ0) is 9.30. The van der Waals surface area contributed by atoms with Crippen LogP contribution < -0.4 is 0 Å². The highest BCUT2D eigenvalue weighted by atomic mass is 16.5. The molecule has 0 bridgehead atoms. The molecule has 12 heavy (non-hydrogen) atoms. The van der Waals surface area contributed by atoms with Crippen molar-refractivity contribution in [3.63, 3.8) is 0 Å². The van der Waals surface area contributed by atoms with Gasteiger partial charge in [-0.2, -0.15) is 0 Å². The first kappa shape index (κ1) is 9.03. The molecule has 0 aliphatic heterocycles. The summed E-state index contributed by atoms with van der Waals surface area (Å²) >= 11 is 0. The van der Waals surface area contributed by atoms with Crippen LogP contribution in [0.1, 0.15) is 6.92 Å². The molecule has 68 valence electrons. The van der Waals surface area contributed by atoms with Gasteiger partial charge in [0.1, 0.15) is 0 Å². The van der Waals surface area contributed by atoms with E-state index >= 15 is 0 Å². The standard InChI is InChI=1S/C8H12O4/c1-4-5(7(9)11-2)6(4)8(10)12-3/h4-6H,1-3H3/t4?,5-,6?/m0/s1. The molecule has 4 heteroatoms. The summed E-state index contributed by atoms with van der Waals surface area (Å²) in [5, 5.41) is 0. The number of methoxy groups -OCH3 is 2. The summed E-state index contributed by atoms with van der Waals surface area (Å²) in [5.41, 5.74) is 0. The average Bonchev–Trinajstić information content (AvgIpc) is 2.74. The van der Waals surface area contributed by atoms with Gasteiger partial charge in [0.2, 0.25) is 0 Å². The highest BCUT2D eigenvalue weighted by Crippen LogP contribution is 2.47. The third-order valence-corrected chi connectivity index (χ3v) is 2.33. The molecular weight excluding hydrogens is 160 g/mol. The van der Waals surface area contributed by atoms with E-state index in [9.17, 15) is 9.59 Å². The Balaban J connectivity index is 2.53. The number of esters is 2. The lowest BCUT2D eigenvalue weighted by atomic mass is 10.3. The van der Waals surface area contributed by atoms with Gasteiger partial charge < -0.3 is 9.47 Å². The van der Waals surface area contributed by atoms with Crippen molar-refractivity contribution in [1.82, 2.24) is 0 Å². The number of hydrogen-bond acceptors (Lipinski definition) is 4. The molecule has 1 aliphatic carbocycles. The lowest BCUT2D eigenvalue weighted by molar-refractivity contribution is -0.148. The van der Waals surface area contributed by atoms with Gasteiger partial charge in [0, 0.05) is 0 Å². The second-order valence-electron chi connectivity index (χ2n) is 2.96. The van der Waals surface area contributed by atoms with Crippen molar-refractivity contribution >= 4 is 11.9 Å². The summed E-state index contributed by atoms with van der Waals surface area (Å²) < 4.78 is 9.05. The monoisotopic (exact) mass is 172 g/mol. The number of ether oxygens (including phenoxy) is 2. The minimum atomic E-state index is -0.321. The average molecular weight is 172 g/mol. The van der Waals surface area contributed by atoms with Crippen LogP contribution in [-0.2, 0) is 19.1 Å². The van der Waals surface area contributed by atoms with E-state index in [1.165, 1.54) is 14.2 Å². The number of rotatable bonds is 2. The molecule has 4 nitrogen and oxygen atoms in total. The van der Waals surface area contributed by atoms with Gasteiger partial charge in [-0.05, 0) is 5.92 Å². The molecular formula is C8H12O4. The smallest absolute Gasteiger partial charge is 0.309 e. The molecule has 0 radical (unpaired) electrons. The van der Waals surface area contributed by atoms with Crippen molar-refractivity contribution in [2.24, 2.45) is 17.8 Å². The summed E-state index contributed by atoms with van der Waals surface area (Å²) in [6.45, 7) is 1.84. The Kier molecular flexibility index (Phi) is 2.35. The van der Waals surface area contributed by atoms with Crippen LogP contribution in [0.2, 0.25) is 0 Å². The lowest BCUT2D eigenvalue weighted by Crippen LogP contribution is -2.10. The van der Waals surface area contributed by atoms with Gasteiger partial charge in [0.25, 0.3) is 0 Å². The van der Waals surface area contributed by atoms with E-state index in [-0.39, 0.29) is 29.7 Å². The van der Waals surface area contributed by atoms with E-state index in [1.807, 2.05) is 6.92 Å². The second-order valence-corrected chi connectivity index (χ2v) is 2.96. The molecule has 0 amide bonds. The van der Waals surface area contributed by atoms with E-state index in [2.05, 4.69) is 9.47 Å². The Bertz CT molecular complexity index is 189. The molecule has 1 aliphatic rings. The van der Waals surface area contributed by atoms with E-state index in [0.29, 0.717) is 0 Å². The summed E-state index contributed by atoms with van der Waals surface area (Å²) in [6.07, 6.45) is 0. The zero-order valence-electron chi connectivity index (χ0n) is 7.37. The van der Waals surface area contributed by atoms with Crippen molar-refractivity contribution in [1.29, 1.82) is 0 Å². The first-order valence-electron chi connectivity index (χ1n) is 3.79. The van der Waals surface area contributed by atoms with Crippen molar-refractivity contribution in [3.05, 3.63) is 0 Å². The Labute approximate surface area is 70.8 Å². The fourth-order valence-electron chi connectivity index (χ4n) is 1.46. The van der Waals surface area contributed by atoms with Crippen molar-refractivity contribution in [2.75, 3.05) is 14.2 Å². The van der Waals surface area contributed by atoms with E-state index in [4.69, 9.17) is 0 Å². The molecule has 0 heterocycles. The Morgan fingerprint density at radius 3 is 1.58 bits per heavy atom. The summed E-state index contributed by atoms with van der Waals surface area (Å²) in [4.78, 5) is 22.0. The van der Waals surface area contributed by atoms with E-state index in [1.54, 1.807) is 0 Å². The topological polar surface area (TPSA) is 52.6 Å². The van der Waals surface area contributed by atoms with Crippen LogP contribution in [0.15, 0.2) is 0 Å². The quantitative estimate of drug-likeness (QED) is 0.559. The maximum atomic E-state index is 11.0. The van der Waals surface area contributed by atoms with Gasteiger partial charge >= 0.3 is 11.9 Å². The Morgan fingerprint density at radius 2 is 1.33 bits per heavy atom. The first-order valence-corrected chi connectivity index (χ1v) is 3.79. The molecule has 0 spiro atoms. The van der Waals surface area contributed by atoms with Gasteiger partial charge in [0.15, 0.2) is 0 Å². The Morgan fingerprint density at radius 1 is 1.00 bits per heavy atom. The molecule has 3 atom stereocenters. The number of carbonyl (C=O) groups is 2. The molecule has 1 saturated carbocycles. The maximum Gasteiger partial charge on any atom is 0.309 e. The zero-order valence-corrected chi connectivity index (χ0v) is 7.37. The maximum absolute atomic E-state index is 11.0. The van der Waals surface area contributed by atoms with Crippen LogP contribution in [0.5, 0.6) is 0 Å². The summed E-state index contributed by atoms with van der Waals surface area (Å²) in [7, 11) is 2.64. The molecule has 0 aromatic heterocycles. The fraction of sp³-hybridized carbons (Fsp3) is 0.750. The Hall–Kier alpha value is -1.06. The molecule has 2 unspecified atom stereocenters. The highest BCUT2D eigenvalue weighted by Gasteiger charge is 2.57. The summed E-state index contributed by atoms with van der Waals surface area (Å²) in [6, 6.07) is 0. The first-order chi connectivity index (χ1) is 5.63. The molecule has 0 N–H and O–H groups in total. The number of hydrogen-bond donors (Lipinski definition) is 0. The molecule has 1 rings (SSSR count). The third-order valence-electron chi connectivity index (χ3n) is 2.33. The fourth-order valence-corrected chi connectivity index (χ4v) is 1.46.